The smallest absolute Gasteiger partial charge is 0.183 e. The molecule has 1 fully saturated rings. The zero-order chi connectivity index (χ0) is 9.97. The maximum absolute atomic E-state index is 11.7. The van der Waals surface area contributed by atoms with Crippen molar-refractivity contribution in [2.24, 2.45) is 5.92 Å². The number of carbonyl (C=O) groups excluding carboxylic acids is 1. The van der Waals surface area contributed by atoms with E-state index in [4.69, 9.17) is 5.73 Å². The van der Waals surface area contributed by atoms with Crippen LogP contribution in [0.4, 0.5) is 5.69 Å². The summed E-state index contributed by atoms with van der Waals surface area (Å²) in [6, 6.07) is 3.47. The van der Waals surface area contributed by atoms with Gasteiger partial charge in [-0.05, 0) is 18.1 Å². The first-order chi connectivity index (χ1) is 6.77. The van der Waals surface area contributed by atoms with Crippen LogP contribution in [0.15, 0.2) is 18.3 Å². The van der Waals surface area contributed by atoms with Crippen molar-refractivity contribution in [3.63, 3.8) is 0 Å². The molecule has 1 aliphatic carbocycles. The van der Waals surface area contributed by atoms with Crippen LogP contribution in [-0.4, -0.2) is 10.8 Å². The number of ketones is 1. The Labute approximate surface area is 83.3 Å². The number of nitrogen functional groups attached to an aromatic ring is 1. The zero-order valence-corrected chi connectivity index (χ0v) is 8.07. The van der Waals surface area contributed by atoms with Crippen molar-refractivity contribution in [2.45, 2.75) is 25.7 Å². The van der Waals surface area contributed by atoms with E-state index in [1.165, 1.54) is 19.3 Å². The van der Waals surface area contributed by atoms with Crippen molar-refractivity contribution in [1.29, 1.82) is 0 Å². The van der Waals surface area contributed by atoms with E-state index in [1.54, 1.807) is 18.3 Å². The van der Waals surface area contributed by atoms with Crippen LogP contribution >= 0.6 is 0 Å². The Balaban J connectivity index is 2.06. The summed E-state index contributed by atoms with van der Waals surface area (Å²) in [5.41, 5.74) is 6.61. The molecule has 0 aliphatic heterocycles. The predicted molar refractivity (Wildman–Crippen MR) is 54.9 cm³/mol. The van der Waals surface area contributed by atoms with E-state index in [-0.39, 0.29) is 5.78 Å². The summed E-state index contributed by atoms with van der Waals surface area (Å²) in [7, 11) is 0. The van der Waals surface area contributed by atoms with Crippen LogP contribution < -0.4 is 5.73 Å². The van der Waals surface area contributed by atoms with Crippen LogP contribution in [0.2, 0.25) is 0 Å². The fraction of sp³-hybridized carbons (Fsp3) is 0.455. The summed E-state index contributed by atoms with van der Waals surface area (Å²) in [5, 5.41) is 0. The van der Waals surface area contributed by atoms with E-state index >= 15 is 0 Å². The first-order valence-electron chi connectivity index (χ1n) is 5.01. The van der Waals surface area contributed by atoms with Gasteiger partial charge in [0.05, 0.1) is 5.69 Å². The Morgan fingerprint density at radius 3 is 2.93 bits per heavy atom. The maximum atomic E-state index is 11.7. The number of carbonyl (C=O) groups is 1. The molecular weight excluding hydrogens is 176 g/mol. The number of pyridine rings is 1. The fourth-order valence-corrected chi connectivity index (χ4v) is 1.71. The summed E-state index contributed by atoms with van der Waals surface area (Å²) >= 11 is 0. The third-order valence-electron chi connectivity index (χ3n) is 2.80. The lowest BCUT2D eigenvalue weighted by Crippen LogP contribution is -2.17. The Kier molecular flexibility index (Phi) is 2.48. The Morgan fingerprint density at radius 1 is 1.57 bits per heavy atom. The molecule has 2 rings (SSSR count). The molecule has 2 N–H and O–H groups in total. The second kappa shape index (κ2) is 3.78. The molecule has 0 aromatic carbocycles. The van der Waals surface area contributed by atoms with Gasteiger partial charge in [0.15, 0.2) is 5.78 Å². The molecule has 0 spiro atoms. The van der Waals surface area contributed by atoms with Crippen molar-refractivity contribution in [2.75, 3.05) is 5.73 Å². The van der Waals surface area contributed by atoms with Crippen LogP contribution in [0.5, 0.6) is 0 Å². The molecule has 0 bridgehead atoms. The van der Waals surface area contributed by atoms with Crippen LogP contribution in [0.1, 0.15) is 36.2 Å². The third kappa shape index (κ3) is 1.76. The van der Waals surface area contributed by atoms with Gasteiger partial charge in [-0.15, -0.1) is 0 Å². The number of nitrogens with zero attached hydrogens (tertiary/aromatic N) is 1. The highest BCUT2D eigenvalue weighted by Crippen LogP contribution is 2.30. The molecule has 0 radical (unpaired) electrons. The van der Waals surface area contributed by atoms with Gasteiger partial charge < -0.3 is 5.73 Å². The number of nitrogens with two attached hydrogens (primary N) is 1. The van der Waals surface area contributed by atoms with E-state index in [0.29, 0.717) is 23.7 Å². The molecule has 14 heavy (non-hydrogen) atoms. The predicted octanol–water partition coefficient (Wildman–Crippen LogP) is 2.04. The van der Waals surface area contributed by atoms with E-state index in [9.17, 15) is 4.79 Å². The van der Waals surface area contributed by atoms with Crippen molar-refractivity contribution in [3.8, 4) is 0 Å². The van der Waals surface area contributed by atoms with E-state index < -0.39 is 0 Å². The summed E-state index contributed by atoms with van der Waals surface area (Å²) in [6.45, 7) is 0. The Bertz CT molecular complexity index is 345. The Morgan fingerprint density at radius 2 is 2.36 bits per heavy atom. The number of anilines is 1. The zero-order valence-electron chi connectivity index (χ0n) is 8.07. The molecule has 0 saturated heterocycles. The highest BCUT2D eigenvalue weighted by molar-refractivity contribution is 5.98. The van der Waals surface area contributed by atoms with Gasteiger partial charge in [0, 0.05) is 12.6 Å². The maximum Gasteiger partial charge on any atom is 0.183 e. The van der Waals surface area contributed by atoms with Crippen LogP contribution in [-0.2, 0) is 0 Å². The molecule has 3 heteroatoms. The number of hydrogen-bond donors (Lipinski definition) is 1. The van der Waals surface area contributed by atoms with Gasteiger partial charge in [0.1, 0.15) is 5.69 Å². The van der Waals surface area contributed by atoms with Crippen LogP contribution in [0.25, 0.3) is 0 Å². The molecule has 74 valence electrons. The third-order valence-corrected chi connectivity index (χ3v) is 2.80. The lowest BCUT2D eigenvalue weighted by molar-refractivity contribution is 0.0932. The van der Waals surface area contributed by atoms with Gasteiger partial charge in [-0.3, -0.25) is 9.78 Å². The van der Waals surface area contributed by atoms with Gasteiger partial charge in [-0.25, -0.2) is 0 Å². The van der Waals surface area contributed by atoms with E-state index in [0.717, 1.165) is 0 Å². The average Bonchev–Trinajstić information content (AvgIpc) is 2.12. The molecule has 1 saturated carbocycles. The van der Waals surface area contributed by atoms with Gasteiger partial charge in [-0.1, -0.05) is 19.3 Å². The first kappa shape index (κ1) is 9.19. The molecule has 3 nitrogen and oxygen atoms in total. The number of Topliss-reactive ketones (excluding diaryl/α,β-unsaturated/α-hetero) is 1. The SMILES string of the molecule is Nc1cccnc1C(=O)CC1CCC1. The topological polar surface area (TPSA) is 56.0 Å². The number of rotatable bonds is 3. The minimum atomic E-state index is 0.0906. The molecule has 1 heterocycles. The largest absolute Gasteiger partial charge is 0.397 e. The van der Waals surface area contributed by atoms with Gasteiger partial charge >= 0.3 is 0 Å². The minimum absolute atomic E-state index is 0.0906. The lowest BCUT2D eigenvalue weighted by Gasteiger charge is -2.24. The molecular formula is C11H14N2O. The average molecular weight is 190 g/mol. The standard InChI is InChI=1S/C11H14N2O/c12-9-5-2-6-13-11(9)10(14)7-8-3-1-4-8/h2,5-6,8H,1,3-4,7,12H2. The van der Waals surface area contributed by atoms with E-state index in [2.05, 4.69) is 4.98 Å². The number of aromatic nitrogens is 1. The van der Waals surface area contributed by atoms with Crippen LogP contribution in [0, 0.1) is 5.92 Å². The molecule has 0 amide bonds. The Hall–Kier alpha value is -1.38. The highest BCUT2D eigenvalue weighted by atomic mass is 16.1. The second-order valence-electron chi connectivity index (χ2n) is 3.87. The lowest BCUT2D eigenvalue weighted by atomic mass is 9.81. The molecule has 0 atom stereocenters. The normalized spacial score (nSPS) is 16.3. The molecule has 1 aliphatic rings. The monoisotopic (exact) mass is 190 g/mol. The van der Waals surface area contributed by atoms with Gasteiger partial charge in [0.2, 0.25) is 0 Å². The van der Waals surface area contributed by atoms with Gasteiger partial charge in [-0.2, -0.15) is 0 Å². The number of hydrogen-bond acceptors (Lipinski definition) is 3. The summed E-state index contributed by atoms with van der Waals surface area (Å²) < 4.78 is 0. The quantitative estimate of drug-likeness (QED) is 0.742. The summed E-state index contributed by atoms with van der Waals surface area (Å²) in [6.07, 6.45) is 5.85. The minimum Gasteiger partial charge on any atom is -0.397 e. The van der Waals surface area contributed by atoms with Crippen molar-refractivity contribution in [3.05, 3.63) is 24.0 Å². The molecule has 1 aromatic rings. The molecule has 0 unspecified atom stereocenters. The van der Waals surface area contributed by atoms with E-state index in [1.807, 2.05) is 0 Å². The second-order valence-corrected chi connectivity index (χ2v) is 3.87. The van der Waals surface area contributed by atoms with Crippen molar-refractivity contribution < 1.29 is 4.79 Å². The summed E-state index contributed by atoms with van der Waals surface area (Å²) in [5.74, 6) is 0.664. The first-order valence-corrected chi connectivity index (χ1v) is 5.01. The van der Waals surface area contributed by atoms with Crippen molar-refractivity contribution in [1.82, 2.24) is 4.98 Å². The van der Waals surface area contributed by atoms with Crippen molar-refractivity contribution >= 4 is 11.5 Å². The fourth-order valence-electron chi connectivity index (χ4n) is 1.71. The summed E-state index contributed by atoms with van der Waals surface area (Å²) in [4.78, 5) is 15.7. The van der Waals surface area contributed by atoms with Crippen LogP contribution in [0.3, 0.4) is 0 Å². The highest BCUT2D eigenvalue weighted by Gasteiger charge is 2.22. The molecule has 1 aromatic heterocycles. The van der Waals surface area contributed by atoms with Gasteiger partial charge in [0.25, 0.3) is 0 Å².